The van der Waals surface area contributed by atoms with Crippen molar-refractivity contribution in [2.24, 2.45) is 5.92 Å². The first kappa shape index (κ1) is 11.1. The van der Waals surface area contributed by atoms with E-state index in [9.17, 15) is 0 Å². The molecule has 0 bridgehead atoms. The van der Waals surface area contributed by atoms with E-state index in [1.807, 2.05) is 12.3 Å². The molecule has 1 atom stereocenters. The highest BCUT2D eigenvalue weighted by Gasteiger charge is 2.29. The lowest BCUT2D eigenvalue weighted by molar-refractivity contribution is 0.229. The minimum Gasteiger partial charge on any atom is -0.309 e. The summed E-state index contributed by atoms with van der Waals surface area (Å²) in [5, 5.41) is 3.55. The largest absolute Gasteiger partial charge is 0.309 e. The van der Waals surface area contributed by atoms with Gasteiger partial charge in [-0.1, -0.05) is 13.3 Å². The third-order valence-electron chi connectivity index (χ3n) is 3.13. The minimum atomic E-state index is 0.430. The van der Waals surface area contributed by atoms with Crippen molar-refractivity contribution < 1.29 is 0 Å². The molecular weight excluding hydrogens is 252 g/mol. The molecule has 82 valence electrons. The summed E-state index contributed by atoms with van der Waals surface area (Å²) in [6, 6.07) is 4.47. The second kappa shape index (κ2) is 5.08. The SMILES string of the molecule is CCNC(c1ncccc1Br)C1CCC1. The summed E-state index contributed by atoms with van der Waals surface area (Å²) in [6.07, 6.45) is 5.92. The topological polar surface area (TPSA) is 24.9 Å². The van der Waals surface area contributed by atoms with Crippen LogP contribution in [-0.2, 0) is 0 Å². The Morgan fingerprint density at radius 3 is 2.93 bits per heavy atom. The Morgan fingerprint density at radius 1 is 1.60 bits per heavy atom. The standard InChI is InChI=1S/C12H17BrN2/c1-2-14-11(9-5-3-6-9)12-10(13)7-4-8-15-12/h4,7-9,11,14H,2-3,5-6H2,1H3. The Hall–Kier alpha value is -0.410. The van der Waals surface area contributed by atoms with Crippen molar-refractivity contribution in [3.8, 4) is 0 Å². The fraction of sp³-hybridized carbons (Fsp3) is 0.583. The van der Waals surface area contributed by atoms with E-state index in [1.54, 1.807) is 0 Å². The van der Waals surface area contributed by atoms with E-state index >= 15 is 0 Å². The van der Waals surface area contributed by atoms with Crippen LogP contribution in [0.2, 0.25) is 0 Å². The predicted octanol–water partition coefficient (Wildman–Crippen LogP) is 3.29. The second-order valence-electron chi connectivity index (χ2n) is 4.10. The third-order valence-corrected chi connectivity index (χ3v) is 3.80. The zero-order chi connectivity index (χ0) is 10.7. The molecule has 2 rings (SSSR count). The molecule has 1 aliphatic rings. The number of halogens is 1. The van der Waals surface area contributed by atoms with E-state index in [0.29, 0.717) is 6.04 Å². The van der Waals surface area contributed by atoms with Gasteiger partial charge in [-0.05, 0) is 53.4 Å². The molecule has 0 spiro atoms. The summed E-state index contributed by atoms with van der Waals surface area (Å²) >= 11 is 3.59. The molecule has 0 saturated heterocycles. The Morgan fingerprint density at radius 2 is 2.40 bits per heavy atom. The van der Waals surface area contributed by atoms with Gasteiger partial charge in [-0.25, -0.2) is 0 Å². The van der Waals surface area contributed by atoms with E-state index in [2.05, 4.69) is 39.2 Å². The number of nitrogens with zero attached hydrogens (tertiary/aromatic N) is 1. The van der Waals surface area contributed by atoms with Crippen LogP contribution in [0.5, 0.6) is 0 Å². The van der Waals surface area contributed by atoms with Crippen LogP contribution in [0.15, 0.2) is 22.8 Å². The van der Waals surface area contributed by atoms with Gasteiger partial charge in [0.2, 0.25) is 0 Å². The first-order valence-corrected chi connectivity index (χ1v) is 6.46. The number of hydrogen-bond donors (Lipinski definition) is 1. The number of hydrogen-bond acceptors (Lipinski definition) is 2. The predicted molar refractivity (Wildman–Crippen MR) is 65.7 cm³/mol. The third kappa shape index (κ3) is 2.40. The molecule has 3 heteroatoms. The molecule has 1 heterocycles. The minimum absolute atomic E-state index is 0.430. The molecule has 0 amide bonds. The van der Waals surface area contributed by atoms with Crippen molar-refractivity contribution in [1.82, 2.24) is 10.3 Å². The summed E-state index contributed by atoms with van der Waals surface area (Å²) in [7, 11) is 0. The van der Waals surface area contributed by atoms with E-state index in [0.717, 1.165) is 16.9 Å². The molecular formula is C12H17BrN2. The normalized spacial score (nSPS) is 18.5. The van der Waals surface area contributed by atoms with Gasteiger partial charge in [0.1, 0.15) is 0 Å². The van der Waals surface area contributed by atoms with Gasteiger partial charge in [0, 0.05) is 10.7 Å². The molecule has 2 nitrogen and oxygen atoms in total. The fourth-order valence-electron chi connectivity index (χ4n) is 2.11. The van der Waals surface area contributed by atoms with Crippen LogP contribution in [0.4, 0.5) is 0 Å². The molecule has 1 aliphatic carbocycles. The van der Waals surface area contributed by atoms with Crippen LogP contribution >= 0.6 is 15.9 Å². The van der Waals surface area contributed by atoms with E-state index in [-0.39, 0.29) is 0 Å². The number of nitrogens with one attached hydrogen (secondary N) is 1. The first-order chi connectivity index (χ1) is 7.33. The van der Waals surface area contributed by atoms with Crippen molar-refractivity contribution in [2.75, 3.05) is 6.54 Å². The summed E-state index contributed by atoms with van der Waals surface area (Å²) in [6.45, 7) is 3.16. The Labute approximate surface area is 99.6 Å². The molecule has 1 aromatic heterocycles. The maximum absolute atomic E-state index is 4.49. The van der Waals surface area contributed by atoms with E-state index in [4.69, 9.17) is 0 Å². The van der Waals surface area contributed by atoms with E-state index in [1.165, 1.54) is 25.0 Å². The molecule has 0 radical (unpaired) electrons. The maximum atomic E-state index is 4.49. The van der Waals surface area contributed by atoms with Crippen molar-refractivity contribution in [2.45, 2.75) is 32.2 Å². The van der Waals surface area contributed by atoms with Crippen molar-refractivity contribution in [3.05, 3.63) is 28.5 Å². The van der Waals surface area contributed by atoms with Crippen LogP contribution in [0.1, 0.15) is 37.9 Å². The van der Waals surface area contributed by atoms with Crippen LogP contribution < -0.4 is 5.32 Å². The van der Waals surface area contributed by atoms with E-state index < -0.39 is 0 Å². The fourth-order valence-corrected chi connectivity index (χ4v) is 2.61. The van der Waals surface area contributed by atoms with Gasteiger partial charge in [0.15, 0.2) is 0 Å². The Kier molecular flexibility index (Phi) is 3.76. The van der Waals surface area contributed by atoms with Gasteiger partial charge in [-0.2, -0.15) is 0 Å². The summed E-state index contributed by atoms with van der Waals surface area (Å²) in [4.78, 5) is 4.49. The number of pyridine rings is 1. The average Bonchev–Trinajstić information content (AvgIpc) is 2.15. The molecule has 0 aliphatic heterocycles. The molecule has 1 unspecified atom stereocenters. The van der Waals surface area contributed by atoms with Gasteiger partial charge in [-0.3, -0.25) is 4.98 Å². The first-order valence-electron chi connectivity index (χ1n) is 5.66. The highest BCUT2D eigenvalue weighted by Crippen LogP contribution is 2.38. The zero-order valence-corrected chi connectivity index (χ0v) is 10.6. The molecule has 1 aromatic rings. The lowest BCUT2D eigenvalue weighted by atomic mass is 9.78. The van der Waals surface area contributed by atoms with Gasteiger partial charge in [0.25, 0.3) is 0 Å². The number of rotatable bonds is 4. The molecule has 15 heavy (non-hydrogen) atoms. The highest BCUT2D eigenvalue weighted by molar-refractivity contribution is 9.10. The van der Waals surface area contributed by atoms with Gasteiger partial charge >= 0.3 is 0 Å². The van der Waals surface area contributed by atoms with Crippen LogP contribution in [0.3, 0.4) is 0 Å². The van der Waals surface area contributed by atoms with Crippen LogP contribution in [-0.4, -0.2) is 11.5 Å². The molecule has 1 N–H and O–H groups in total. The lowest BCUT2D eigenvalue weighted by Crippen LogP contribution is -2.32. The van der Waals surface area contributed by atoms with Gasteiger partial charge in [-0.15, -0.1) is 0 Å². The summed E-state index contributed by atoms with van der Waals surface area (Å²) in [5.74, 6) is 0.774. The molecule has 0 aromatic carbocycles. The van der Waals surface area contributed by atoms with Crippen molar-refractivity contribution in [1.29, 1.82) is 0 Å². The van der Waals surface area contributed by atoms with Crippen LogP contribution in [0, 0.1) is 5.92 Å². The monoisotopic (exact) mass is 268 g/mol. The maximum Gasteiger partial charge on any atom is 0.0717 e. The Bertz CT molecular complexity index is 323. The average molecular weight is 269 g/mol. The Balaban J connectivity index is 2.19. The zero-order valence-electron chi connectivity index (χ0n) is 9.04. The van der Waals surface area contributed by atoms with Crippen molar-refractivity contribution in [3.63, 3.8) is 0 Å². The summed E-state index contributed by atoms with van der Waals surface area (Å²) in [5.41, 5.74) is 1.17. The lowest BCUT2D eigenvalue weighted by Gasteiger charge is -2.34. The molecule has 1 fully saturated rings. The van der Waals surface area contributed by atoms with Gasteiger partial charge < -0.3 is 5.32 Å². The smallest absolute Gasteiger partial charge is 0.0717 e. The molecule has 1 saturated carbocycles. The second-order valence-corrected chi connectivity index (χ2v) is 4.95. The number of aromatic nitrogens is 1. The van der Waals surface area contributed by atoms with Crippen molar-refractivity contribution >= 4 is 15.9 Å². The quantitative estimate of drug-likeness (QED) is 0.907. The highest BCUT2D eigenvalue weighted by atomic mass is 79.9. The summed E-state index contributed by atoms with van der Waals surface area (Å²) < 4.78 is 1.13. The van der Waals surface area contributed by atoms with Crippen LogP contribution in [0.25, 0.3) is 0 Å². The van der Waals surface area contributed by atoms with Gasteiger partial charge in [0.05, 0.1) is 11.7 Å².